The highest BCUT2D eigenvalue weighted by molar-refractivity contribution is 5.97. The fourth-order valence-electron chi connectivity index (χ4n) is 3.66. The Morgan fingerprint density at radius 2 is 1.68 bits per heavy atom. The molecule has 0 saturated heterocycles. The van der Waals surface area contributed by atoms with Crippen LogP contribution in [0.25, 0.3) is 22.3 Å². The highest BCUT2D eigenvalue weighted by Crippen LogP contribution is 2.25. The Labute approximate surface area is 198 Å². The molecule has 1 aliphatic heterocycles. The number of aromatic nitrogens is 8. The average molecular weight is 469 g/mol. The molecule has 0 amide bonds. The standard InChI is InChI=1S/C12H17N6.C9H13N5O.CH4/c1-8-15-16(5)10-9-11(14-6-13-10)18(7-17(8)9)12(2,3)4;1-9(2,3)13-4-11-6-7(10)14(15)5-12-8(6)13;/h6-7H,1-5H3;4-5,10,15H,1-3H3;1H4/q+1;;. The van der Waals surface area contributed by atoms with Crippen LogP contribution in [0, 0.1) is 5.41 Å². The smallest absolute Gasteiger partial charge is 0.308 e. The van der Waals surface area contributed by atoms with Gasteiger partial charge in [-0.1, -0.05) is 12.4 Å². The van der Waals surface area contributed by atoms with Crippen molar-refractivity contribution in [3.63, 3.8) is 0 Å². The Morgan fingerprint density at radius 1 is 1.00 bits per heavy atom. The van der Waals surface area contributed by atoms with Crippen LogP contribution in [-0.2, 0) is 11.1 Å². The molecule has 1 aliphatic rings. The van der Waals surface area contributed by atoms with Gasteiger partial charge < -0.3 is 9.77 Å². The molecule has 182 valence electrons. The quantitative estimate of drug-likeness (QED) is 0.301. The van der Waals surface area contributed by atoms with E-state index < -0.39 is 0 Å². The minimum atomic E-state index is -0.143. The summed E-state index contributed by atoms with van der Waals surface area (Å²) in [7, 11) is 1.91. The summed E-state index contributed by atoms with van der Waals surface area (Å²) in [5.41, 5.74) is 2.74. The molecule has 0 radical (unpaired) electrons. The van der Waals surface area contributed by atoms with Crippen LogP contribution >= 0.6 is 0 Å². The number of nitrogens with one attached hydrogen (secondary N) is 1. The number of rotatable bonds is 0. The molecule has 34 heavy (non-hydrogen) atoms. The zero-order chi connectivity index (χ0) is 24.3. The third-order valence-electron chi connectivity index (χ3n) is 5.36. The first-order valence-corrected chi connectivity index (χ1v) is 10.6. The van der Waals surface area contributed by atoms with Gasteiger partial charge in [0.05, 0.1) is 11.9 Å². The number of hydrogen-bond acceptors (Lipinski definition) is 8. The van der Waals surface area contributed by atoms with Gasteiger partial charge in [0.2, 0.25) is 5.52 Å². The number of anilines is 1. The maximum absolute atomic E-state index is 9.25. The third kappa shape index (κ3) is 3.99. The fourth-order valence-corrected chi connectivity index (χ4v) is 3.66. The molecule has 0 fully saturated rings. The van der Waals surface area contributed by atoms with Crippen LogP contribution in [0.5, 0.6) is 0 Å². The summed E-state index contributed by atoms with van der Waals surface area (Å²) in [5.74, 6) is 1.77. The number of hydrazone groups is 1. The van der Waals surface area contributed by atoms with E-state index >= 15 is 0 Å². The van der Waals surface area contributed by atoms with Crippen molar-refractivity contribution in [3.8, 4) is 0 Å². The monoisotopic (exact) mass is 468 g/mol. The lowest BCUT2D eigenvalue weighted by molar-refractivity contribution is -0.732. The van der Waals surface area contributed by atoms with Gasteiger partial charge >= 0.3 is 5.65 Å². The first-order valence-electron chi connectivity index (χ1n) is 10.6. The van der Waals surface area contributed by atoms with Crippen molar-refractivity contribution in [3.05, 3.63) is 30.8 Å². The third-order valence-corrected chi connectivity index (χ3v) is 5.36. The Morgan fingerprint density at radius 3 is 2.29 bits per heavy atom. The van der Waals surface area contributed by atoms with E-state index in [4.69, 9.17) is 5.41 Å². The van der Waals surface area contributed by atoms with Crippen LogP contribution in [0.2, 0.25) is 0 Å². The van der Waals surface area contributed by atoms with E-state index in [1.54, 1.807) is 17.7 Å². The van der Waals surface area contributed by atoms with Crippen LogP contribution < -0.4 is 15.1 Å². The summed E-state index contributed by atoms with van der Waals surface area (Å²) in [6.07, 6.45) is 6.48. The summed E-state index contributed by atoms with van der Waals surface area (Å²) in [6, 6.07) is 0. The molecule has 0 spiro atoms. The van der Waals surface area contributed by atoms with Gasteiger partial charge in [0.25, 0.3) is 0 Å². The number of hydrogen-bond donors (Lipinski definition) is 2. The number of nitrogens with zero attached hydrogens (tertiary/aromatic N) is 10. The fraction of sp³-hybridized carbons (Fsp3) is 0.500. The molecular weight excluding hydrogens is 434 g/mol. The lowest BCUT2D eigenvalue weighted by Crippen LogP contribution is -2.49. The molecule has 12 heteroatoms. The molecule has 4 aromatic heterocycles. The van der Waals surface area contributed by atoms with E-state index in [2.05, 4.69) is 61.3 Å². The first kappa shape index (κ1) is 24.8. The SMILES string of the molecule is C.CC(C)(C)n1cnc2c(=N)n(O)cnc21.CC1=NN(C)c2ncnc3c2n1c[n+]3C(C)(C)C. The molecule has 2 N–H and O–H groups in total. The Hall–Kier alpha value is -3.83. The highest BCUT2D eigenvalue weighted by Gasteiger charge is 2.32. The highest BCUT2D eigenvalue weighted by atomic mass is 16.5. The van der Waals surface area contributed by atoms with E-state index in [1.807, 2.05) is 39.3 Å². The molecule has 0 atom stereocenters. The van der Waals surface area contributed by atoms with Gasteiger partial charge in [-0.25, -0.2) is 24.1 Å². The first-order chi connectivity index (χ1) is 15.3. The molecular formula is C22H34N11O+. The minimum Gasteiger partial charge on any atom is -0.425 e. The van der Waals surface area contributed by atoms with E-state index in [0.717, 1.165) is 22.8 Å². The molecule has 5 rings (SSSR count). The largest absolute Gasteiger partial charge is 0.425 e. The van der Waals surface area contributed by atoms with Crippen molar-refractivity contribution in [1.82, 2.24) is 33.8 Å². The number of imidazole rings is 2. The molecule has 0 unspecified atom stereocenters. The van der Waals surface area contributed by atoms with Gasteiger partial charge in [-0.05, 0) is 41.5 Å². The van der Waals surface area contributed by atoms with Crippen molar-refractivity contribution in [2.75, 3.05) is 12.1 Å². The van der Waals surface area contributed by atoms with Crippen LogP contribution in [0.4, 0.5) is 5.82 Å². The van der Waals surface area contributed by atoms with Crippen LogP contribution in [0.1, 0.15) is 55.9 Å². The Bertz CT molecular complexity index is 1440. The molecule has 4 aromatic rings. The minimum absolute atomic E-state index is 0. The van der Waals surface area contributed by atoms with Crippen molar-refractivity contribution in [2.24, 2.45) is 5.10 Å². The second-order valence-electron chi connectivity index (χ2n) is 9.96. The maximum Gasteiger partial charge on any atom is 0.308 e. The van der Waals surface area contributed by atoms with E-state index in [9.17, 15) is 5.21 Å². The van der Waals surface area contributed by atoms with Gasteiger partial charge in [-0.15, -0.1) is 5.10 Å². The molecule has 0 aliphatic carbocycles. The van der Waals surface area contributed by atoms with Crippen LogP contribution in [0.15, 0.2) is 30.4 Å². The van der Waals surface area contributed by atoms with Crippen molar-refractivity contribution in [1.29, 1.82) is 5.41 Å². The molecule has 0 aromatic carbocycles. The predicted molar refractivity (Wildman–Crippen MR) is 130 cm³/mol. The summed E-state index contributed by atoms with van der Waals surface area (Å²) >= 11 is 0. The summed E-state index contributed by atoms with van der Waals surface area (Å²) in [5, 5.41) is 23.1. The van der Waals surface area contributed by atoms with E-state index in [1.165, 1.54) is 6.33 Å². The maximum atomic E-state index is 9.25. The Kier molecular flexibility index (Phi) is 5.97. The summed E-state index contributed by atoms with van der Waals surface area (Å²) < 4.78 is 6.74. The zero-order valence-corrected chi connectivity index (χ0v) is 20.2. The normalized spacial score (nSPS) is 13.4. The summed E-state index contributed by atoms with van der Waals surface area (Å²) in [4.78, 5) is 16.9. The van der Waals surface area contributed by atoms with Crippen molar-refractivity contribution >= 4 is 34.0 Å². The average Bonchev–Trinajstić information content (AvgIpc) is 3.32. The second-order valence-corrected chi connectivity index (χ2v) is 9.96. The van der Waals surface area contributed by atoms with Crippen molar-refractivity contribution in [2.45, 2.75) is 67.0 Å². The lowest BCUT2D eigenvalue weighted by atomic mass is 10.1. The van der Waals surface area contributed by atoms with Crippen LogP contribution in [0.3, 0.4) is 0 Å². The topological polar surface area (TPSA) is 130 Å². The summed E-state index contributed by atoms with van der Waals surface area (Å²) in [6.45, 7) is 14.5. The molecule has 5 heterocycles. The van der Waals surface area contributed by atoms with E-state index in [0.29, 0.717) is 15.9 Å². The van der Waals surface area contributed by atoms with Crippen LogP contribution in [-0.4, -0.2) is 51.9 Å². The van der Waals surface area contributed by atoms with Gasteiger partial charge in [0.15, 0.2) is 41.0 Å². The van der Waals surface area contributed by atoms with Gasteiger partial charge in [0.1, 0.15) is 6.33 Å². The zero-order valence-electron chi connectivity index (χ0n) is 20.2. The number of fused-ring (bicyclic) bond motifs is 1. The molecule has 0 saturated carbocycles. The van der Waals surface area contributed by atoms with Crippen molar-refractivity contribution < 1.29 is 9.77 Å². The van der Waals surface area contributed by atoms with Gasteiger partial charge in [0, 0.05) is 19.5 Å². The van der Waals surface area contributed by atoms with E-state index in [-0.39, 0.29) is 24.0 Å². The predicted octanol–water partition coefficient (Wildman–Crippen LogP) is 2.45. The molecule has 0 bridgehead atoms. The Balaban J connectivity index is 0.000000188. The van der Waals surface area contributed by atoms with Gasteiger partial charge in [-0.2, -0.15) is 9.71 Å². The van der Waals surface area contributed by atoms with Gasteiger partial charge in [-0.3, -0.25) is 5.41 Å². The second kappa shape index (κ2) is 8.19. The molecule has 12 nitrogen and oxygen atoms in total. The lowest BCUT2D eigenvalue weighted by Gasteiger charge is -2.20.